The molecule has 0 saturated heterocycles. The minimum Gasteiger partial charge on any atom is -0.261 e. The van der Waals surface area contributed by atoms with Gasteiger partial charge in [0.25, 0.3) is 0 Å². The van der Waals surface area contributed by atoms with Crippen LogP contribution in [0.1, 0.15) is 26.7 Å². The molecule has 0 amide bonds. The average Bonchev–Trinajstić information content (AvgIpc) is 2.44. The average molecular weight is 187 g/mol. The van der Waals surface area contributed by atoms with Crippen LogP contribution in [-0.4, -0.2) is 10.2 Å². The molecule has 2 aliphatic heterocycles. The molecule has 1 N–H and O–H groups in total. The van der Waals surface area contributed by atoms with E-state index in [9.17, 15) is 0 Å². The number of hydrogen-bond acceptors (Lipinski definition) is 2. The van der Waals surface area contributed by atoms with Gasteiger partial charge in [-0.25, -0.2) is 4.99 Å². The maximum absolute atomic E-state index is 4.51. The molecule has 3 aliphatic rings. The van der Waals surface area contributed by atoms with Crippen molar-refractivity contribution in [2.24, 2.45) is 10.4 Å². The first kappa shape index (κ1) is 7.97. The van der Waals surface area contributed by atoms with Crippen molar-refractivity contribution in [3.63, 3.8) is 0 Å². The fourth-order valence-electron chi connectivity index (χ4n) is 2.55. The predicted molar refractivity (Wildman–Crippen MR) is 53.9 cm³/mol. The minimum absolute atomic E-state index is 0.345. The van der Waals surface area contributed by atoms with E-state index in [0.29, 0.717) is 5.41 Å². The van der Waals surface area contributed by atoms with E-state index in [1.54, 1.807) is 0 Å². The van der Waals surface area contributed by atoms with E-state index in [0.717, 1.165) is 24.0 Å². The summed E-state index contributed by atoms with van der Waals surface area (Å²) in [5.74, 6) is 0. The molecule has 1 aromatic heterocycles. The van der Waals surface area contributed by atoms with Crippen LogP contribution in [0.3, 0.4) is 0 Å². The minimum atomic E-state index is 0.345. The largest absolute Gasteiger partial charge is 0.261 e. The van der Waals surface area contributed by atoms with Crippen molar-refractivity contribution in [2.45, 2.75) is 26.7 Å². The van der Waals surface area contributed by atoms with Crippen molar-refractivity contribution in [1.82, 2.24) is 10.2 Å². The van der Waals surface area contributed by atoms with Crippen LogP contribution in [0.25, 0.3) is 5.57 Å². The van der Waals surface area contributed by atoms with E-state index in [1.807, 2.05) is 6.20 Å². The third kappa shape index (κ3) is 0.983. The first-order chi connectivity index (χ1) is 6.66. The second kappa shape index (κ2) is 2.35. The van der Waals surface area contributed by atoms with Crippen LogP contribution in [0.5, 0.6) is 0 Å². The normalized spacial score (nSPS) is 35.4. The van der Waals surface area contributed by atoms with E-state index in [-0.39, 0.29) is 0 Å². The first-order valence-corrected chi connectivity index (χ1v) is 4.96. The summed E-state index contributed by atoms with van der Waals surface area (Å²) >= 11 is 0. The lowest BCUT2D eigenvalue weighted by Crippen LogP contribution is -2.36. The highest BCUT2D eigenvalue weighted by Gasteiger charge is 2.35. The van der Waals surface area contributed by atoms with Gasteiger partial charge in [-0.15, -0.1) is 0 Å². The van der Waals surface area contributed by atoms with E-state index in [4.69, 9.17) is 0 Å². The van der Waals surface area contributed by atoms with Crippen LogP contribution >= 0.6 is 0 Å². The molecule has 0 aromatic carbocycles. The summed E-state index contributed by atoms with van der Waals surface area (Å²) in [7, 11) is 0. The fourth-order valence-corrected chi connectivity index (χ4v) is 2.55. The molecule has 3 heterocycles. The third-order valence-electron chi connectivity index (χ3n) is 3.08. The fraction of sp³-hybridized carbons (Fsp3) is 0.455. The first-order valence-electron chi connectivity index (χ1n) is 4.96. The molecule has 72 valence electrons. The number of nitrogens with zero attached hydrogens (tertiary/aromatic N) is 2. The van der Waals surface area contributed by atoms with Crippen LogP contribution in [0.2, 0.25) is 0 Å². The lowest BCUT2D eigenvalue weighted by molar-refractivity contribution is 0.368. The number of H-pyrrole nitrogens is 1. The third-order valence-corrected chi connectivity index (χ3v) is 3.08. The van der Waals surface area contributed by atoms with Crippen molar-refractivity contribution in [3.8, 4) is 0 Å². The maximum atomic E-state index is 4.51. The summed E-state index contributed by atoms with van der Waals surface area (Å²) in [5.41, 5.74) is 3.86. The molecule has 3 heteroatoms. The Morgan fingerprint density at radius 1 is 1.43 bits per heavy atom. The van der Waals surface area contributed by atoms with Crippen molar-refractivity contribution >= 4 is 5.57 Å². The van der Waals surface area contributed by atoms with Crippen LogP contribution in [0.15, 0.2) is 23.0 Å². The maximum Gasteiger partial charge on any atom is 0.155 e. The zero-order valence-electron chi connectivity index (χ0n) is 8.46. The highest BCUT2D eigenvalue weighted by atomic mass is 15.1. The lowest BCUT2D eigenvalue weighted by atomic mass is 9.66. The van der Waals surface area contributed by atoms with Gasteiger partial charge in [0.1, 0.15) is 0 Å². The van der Waals surface area contributed by atoms with E-state index >= 15 is 0 Å². The van der Waals surface area contributed by atoms with Gasteiger partial charge in [0.2, 0.25) is 0 Å². The highest BCUT2D eigenvalue weighted by Crippen LogP contribution is 2.47. The Morgan fingerprint density at radius 3 is 3.00 bits per heavy atom. The summed E-state index contributed by atoms with van der Waals surface area (Å²) in [6.45, 7) is 4.35. The number of fused-ring (bicyclic) bond motifs is 1. The zero-order valence-corrected chi connectivity index (χ0v) is 8.46. The summed E-state index contributed by atoms with van der Waals surface area (Å²) in [6, 6.07) is 0. The molecule has 1 fully saturated rings. The molecule has 14 heavy (non-hydrogen) atoms. The monoisotopic (exact) mass is 187 g/mol. The van der Waals surface area contributed by atoms with Gasteiger partial charge >= 0.3 is 0 Å². The Kier molecular flexibility index (Phi) is 1.34. The molecular weight excluding hydrogens is 174 g/mol. The lowest BCUT2D eigenvalue weighted by Gasteiger charge is -2.39. The molecule has 1 aliphatic carbocycles. The Morgan fingerprint density at radius 2 is 2.21 bits per heavy atom. The molecule has 1 saturated carbocycles. The number of nitrogens with one attached hydrogen (secondary N) is 1. The van der Waals surface area contributed by atoms with Crippen LogP contribution in [0, 0.1) is 5.41 Å². The van der Waals surface area contributed by atoms with Crippen molar-refractivity contribution in [3.05, 3.63) is 28.7 Å². The van der Waals surface area contributed by atoms with Crippen molar-refractivity contribution in [2.75, 3.05) is 0 Å². The van der Waals surface area contributed by atoms with Gasteiger partial charge in [-0.2, -0.15) is 5.10 Å². The molecule has 0 radical (unpaired) electrons. The van der Waals surface area contributed by atoms with Crippen molar-refractivity contribution < 1.29 is 0 Å². The number of allylic oxidation sites excluding steroid dienone is 2. The van der Waals surface area contributed by atoms with Gasteiger partial charge in [-0.05, 0) is 25.2 Å². The smallest absolute Gasteiger partial charge is 0.155 e. The molecule has 2 bridgehead atoms. The molecular formula is C11H13N3. The zero-order chi connectivity index (χ0) is 9.76. The topological polar surface area (TPSA) is 41.0 Å². The van der Waals surface area contributed by atoms with Crippen LogP contribution in [0.4, 0.5) is 0 Å². The van der Waals surface area contributed by atoms with Gasteiger partial charge in [0.05, 0.1) is 6.20 Å². The highest BCUT2D eigenvalue weighted by molar-refractivity contribution is 5.55. The molecule has 1 aromatic rings. The standard InChI is InChI=1S/C11H13N3/c1-7-3-11(2)4-8(5-11)9-6-12-14-10(9)13-7/h3,6H,4-5H2,1-2H3,(H,13,14)/b7-3+,9-8?. The summed E-state index contributed by atoms with van der Waals surface area (Å²) in [6.07, 6.45) is 6.49. The molecule has 0 atom stereocenters. The predicted octanol–water partition coefficient (Wildman–Crippen LogP) is 0.897. The van der Waals surface area contributed by atoms with Crippen LogP contribution < -0.4 is 10.7 Å². The second-order valence-corrected chi connectivity index (χ2v) is 4.64. The SMILES string of the molecule is CC1=C\C2(C)CC(=c3cn[nH]\c3=N\1)C2. The van der Waals surface area contributed by atoms with Crippen molar-refractivity contribution in [1.29, 1.82) is 0 Å². The Balaban J connectivity index is 2.38. The Bertz CT molecular complexity index is 525. The molecule has 3 nitrogen and oxygen atoms in total. The second-order valence-electron chi connectivity index (χ2n) is 4.64. The van der Waals surface area contributed by atoms with Gasteiger partial charge in [-0.1, -0.05) is 18.6 Å². The van der Waals surface area contributed by atoms with Gasteiger partial charge < -0.3 is 0 Å². The van der Waals surface area contributed by atoms with Gasteiger partial charge in [0.15, 0.2) is 5.49 Å². The number of aromatic amines is 1. The quantitative estimate of drug-likeness (QED) is 0.644. The number of aromatic nitrogens is 2. The molecule has 0 unspecified atom stereocenters. The Labute approximate surface area is 82.3 Å². The van der Waals surface area contributed by atoms with Gasteiger partial charge in [-0.3, -0.25) is 5.10 Å². The molecule has 0 spiro atoms. The van der Waals surface area contributed by atoms with E-state index < -0.39 is 0 Å². The Hall–Kier alpha value is -1.38. The summed E-state index contributed by atoms with van der Waals surface area (Å²) in [4.78, 5) is 4.51. The van der Waals surface area contributed by atoms with E-state index in [1.165, 1.54) is 10.8 Å². The van der Waals surface area contributed by atoms with Crippen LogP contribution in [-0.2, 0) is 0 Å². The summed E-state index contributed by atoms with van der Waals surface area (Å²) in [5, 5.41) is 8.22. The number of hydrogen-bond donors (Lipinski definition) is 1. The van der Waals surface area contributed by atoms with Gasteiger partial charge in [0, 0.05) is 10.9 Å². The number of rotatable bonds is 0. The molecule has 4 rings (SSSR count). The summed E-state index contributed by atoms with van der Waals surface area (Å²) < 4.78 is 0. The van der Waals surface area contributed by atoms with E-state index in [2.05, 4.69) is 35.1 Å².